The zero-order valence-corrected chi connectivity index (χ0v) is 21.4. The van der Waals surface area contributed by atoms with Gasteiger partial charge in [-0.25, -0.2) is 4.98 Å². The van der Waals surface area contributed by atoms with Crippen molar-refractivity contribution >= 4 is 22.6 Å². The summed E-state index contributed by atoms with van der Waals surface area (Å²) < 4.78 is 5.68. The Labute approximate surface area is 221 Å². The van der Waals surface area contributed by atoms with E-state index in [4.69, 9.17) is 20.4 Å². The SMILES string of the molecule is CC(/C(=N\OCc1ccc2cccc(OC(=O)CCc3ccccc3)c2n1)c1ccccc1)N(C)/N=N\N. The molecule has 0 aliphatic carbocycles. The number of hydrogen-bond donors (Lipinski definition) is 1. The van der Waals surface area contributed by atoms with Crippen LogP contribution in [0.3, 0.4) is 0 Å². The number of carbonyl (C=O) groups excluding carboxylic acids is 1. The van der Waals surface area contributed by atoms with E-state index in [-0.39, 0.29) is 25.0 Å². The van der Waals surface area contributed by atoms with E-state index in [1.807, 2.05) is 91.9 Å². The molecule has 0 fully saturated rings. The van der Waals surface area contributed by atoms with Crippen molar-refractivity contribution in [1.29, 1.82) is 0 Å². The summed E-state index contributed by atoms with van der Waals surface area (Å²) >= 11 is 0. The van der Waals surface area contributed by atoms with Gasteiger partial charge in [-0.3, -0.25) is 9.80 Å². The summed E-state index contributed by atoms with van der Waals surface area (Å²) in [7, 11) is 1.76. The minimum absolute atomic E-state index is 0.122. The molecule has 38 heavy (non-hydrogen) atoms. The van der Waals surface area contributed by atoms with E-state index in [0.717, 1.165) is 16.5 Å². The topological polar surface area (TPSA) is 115 Å². The summed E-state index contributed by atoms with van der Waals surface area (Å²) in [4.78, 5) is 23.0. The maximum absolute atomic E-state index is 12.5. The van der Waals surface area contributed by atoms with Crippen LogP contribution in [0.15, 0.2) is 107 Å². The predicted molar refractivity (Wildman–Crippen MR) is 146 cm³/mol. The molecule has 1 atom stereocenters. The number of ether oxygens (including phenoxy) is 1. The lowest BCUT2D eigenvalue weighted by atomic mass is 10.0. The van der Waals surface area contributed by atoms with Crippen molar-refractivity contribution in [2.75, 3.05) is 7.05 Å². The number of aromatic nitrogens is 1. The second-order valence-electron chi connectivity index (χ2n) is 8.66. The van der Waals surface area contributed by atoms with E-state index >= 15 is 0 Å². The van der Waals surface area contributed by atoms with Gasteiger partial charge in [-0.15, -0.1) is 0 Å². The largest absolute Gasteiger partial charge is 0.424 e. The second-order valence-corrected chi connectivity index (χ2v) is 8.66. The highest BCUT2D eigenvalue weighted by molar-refractivity contribution is 6.03. The van der Waals surface area contributed by atoms with Crippen LogP contribution in [0.1, 0.15) is 30.2 Å². The van der Waals surface area contributed by atoms with Crippen LogP contribution in [0.2, 0.25) is 0 Å². The van der Waals surface area contributed by atoms with Crippen molar-refractivity contribution in [3.8, 4) is 5.75 Å². The number of pyridine rings is 1. The Morgan fingerprint density at radius 2 is 1.71 bits per heavy atom. The highest BCUT2D eigenvalue weighted by Crippen LogP contribution is 2.25. The molecule has 9 nitrogen and oxygen atoms in total. The number of carbonyl (C=O) groups is 1. The lowest BCUT2D eigenvalue weighted by molar-refractivity contribution is -0.134. The number of nitrogens with two attached hydrogens (primary N) is 1. The third-order valence-electron chi connectivity index (χ3n) is 6.02. The summed E-state index contributed by atoms with van der Waals surface area (Å²) in [6, 6.07) is 28.5. The van der Waals surface area contributed by atoms with Crippen LogP contribution in [0, 0.1) is 0 Å². The van der Waals surface area contributed by atoms with Crippen LogP contribution in [-0.2, 0) is 22.7 Å². The Bertz CT molecular complexity index is 1410. The van der Waals surface area contributed by atoms with E-state index in [0.29, 0.717) is 29.1 Å². The molecule has 4 aromatic rings. The lowest BCUT2D eigenvalue weighted by Crippen LogP contribution is -2.33. The van der Waals surface area contributed by atoms with Crippen molar-refractivity contribution < 1.29 is 14.4 Å². The maximum Gasteiger partial charge on any atom is 0.311 e. The Hall–Kier alpha value is -4.79. The number of aryl methyl sites for hydroxylation is 1. The van der Waals surface area contributed by atoms with Crippen molar-refractivity contribution in [2.24, 2.45) is 21.4 Å². The first-order valence-electron chi connectivity index (χ1n) is 12.3. The molecule has 194 valence electrons. The van der Waals surface area contributed by atoms with Gasteiger partial charge in [0.15, 0.2) is 12.4 Å². The Morgan fingerprint density at radius 3 is 2.45 bits per heavy atom. The van der Waals surface area contributed by atoms with Gasteiger partial charge in [0.05, 0.1) is 11.7 Å². The lowest BCUT2D eigenvalue weighted by Gasteiger charge is -2.21. The third kappa shape index (κ3) is 6.91. The normalized spacial score (nSPS) is 12.4. The number of likely N-dealkylation sites (N-methyl/N-ethyl adjacent to an activating group) is 1. The quantitative estimate of drug-likeness (QED) is 0.0735. The molecule has 2 N–H and O–H groups in total. The number of para-hydroxylation sites is 1. The van der Waals surface area contributed by atoms with Gasteiger partial charge in [0.25, 0.3) is 0 Å². The van der Waals surface area contributed by atoms with E-state index in [1.54, 1.807) is 18.1 Å². The smallest absolute Gasteiger partial charge is 0.311 e. The molecule has 0 amide bonds. The molecule has 0 saturated carbocycles. The van der Waals surface area contributed by atoms with Gasteiger partial charge in [-0.05, 0) is 31.0 Å². The minimum Gasteiger partial charge on any atom is -0.424 e. The summed E-state index contributed by atoms with van der Waals surface area (Å²) in [5, 5.41) is 14.1. The van der Waals surface area contributed by atoms with Gasteiger partial charge in [0, 0.05) is 24.4 Å². The molecule has 0 aliphatic rings. The molecule has 3 aromatic carbocycles. The number of hydrogen-bond acceptors (Lipinski definition) is 7. The number of esters is 1. The van der Waals surface area contributed by atoms with E-state index in [2.05, 4.69) is 15.6 Å². The highest BCUT2D eigenvalue weighted by atomic mass is 16.6. The Morgan fingerprint density at radius 1 is 0.974 bits per heavy atom. The fraction of sp³-hybridized carbons (Fsp3) is 0.207. The van der Waals surface area contributed by atoms with Gasteiger partial charge < -0.3 is 15.4 Å². The molecule has 0 aliphatic heterocycles. The first-order chi connectivity index (χ1) is 18.5. The molecule has 0 bridgehead atoms. The fourth-order valence-corrected chi connectivity index (χ4v) is 3.87. The van der Waals surface area contributed by atoms with Crippen LogP contribution < -0.4 is 10.6 Å². The molecule has 1 heterocycles. The summed E-state index contributed by atoms with van der Waals surface area (Å²) in [5.74, 6) is 5.32. The zero-order chi connectivity index (χ0) is 26.7. The zero-order valence-electron chi connectivity index (χ0n) is 21.4. The molecule has 4 rings (SSSR count). The first kappa shape index (κ1) is 26.3. The van der Waals surface area contributed by atoms with Crippen molar-refractivity contribution in [3.63, 3.8) is 0 Å². The predicted octanol–water partition coefficient (Wildman–Crippen LogP) is 5.26. The third-order valence-corrected chi connectivity index (χ3v) is 6.02. The van der Waals surface area contributed by atoms with E-state index in [9.17, 15) is 4.79 Å². The summed E-state index contributed by atoms with van der Waals surface area (Å²) in [6.45, 7) is 2.05. The average Bonchev–Trinajstić information content (AvgIpc) is 2.95. The molecular weight excluding hydrogens is 480 g/mol. The Kier molecular flexibility index (Phi) is 8.96. The average molecular weight is 511 g/mol. The van der Waals surface area contributed by atoms with Gasteiger partial charge >= 0.3 is 5.97 Å². The molecule has 0 saturated heterocycles. The molecular formula is C29H30N6O3. The minimum atomic E-state index is -0.311. The van der Waals surface area contributed by atoms with E-state index < -0.39 is 0 Å². The van der Waals surface area contributed by atoms with Gasteiger partial charge in [-0.2, -0.15) is 0 Å². The van der Waals surface area contributed by atoms with Gasteiger partial charge in [0.2, 0.25) is 0 Å². The monoisotopic (exact) mass is 510 g/mol. The summed E-state index contributed by atoms with van der Waals surface area (Å²) in [5.41, 5.74) is 3.86. The van der Waals surface area contributed by atoms with Crippen molar-refractivity contribution in [3.05, 3.63) is 108 Å². The fourth-order valence-electron chi connectivity index (χ4n) is 3.87. The van der Waals surface area contributed by atoms with Gasteiger partial charge in [0.1, 0.15) is 11.2 Å². The Balaban J connectivity index is 1.48. The number of oxime groups is 1. The first-order valence-corrected chi connectivity index (χ1v) is 12.3. The maximum atomic E-state index is 12.5. The molecule has 9 heteroatoms. The van der Waals surface area contributed by atoms with E-state index in [1.165, 1.54) is 0 Å². The van der Waals surface area contributed by atoms with Crippen LogP contribution in [0.25, 0.3) is 10.9 Å². The van der Waals surface area contributed by atoms with Crippen molar-refractivity contribution in [1.82, 2.24) is 9.99 Å². The molecule has 0 radical (unpaired) electrons. The second kappa shape index (κ2) is 13.0. The van der Waals surface area contributed by atoms with Crippen LogP contribution >= 0.6 is 0 Å². The van der Waals surface area contributed by atoms with Gasteiger partial charge in [-0.1, -0.05) is 94.5 Å². The number of rotatable bonds is 11. The van der Waals surface area contributed by atoms with Crippen molar-refractivity contribution in [2.45, 2.75) is 32.4 Å². The van der Waals surface area contributed by atoms with Crippen LogP contribution in [0.5, 0.6) is 5.75 Å². The number of benzene rings is 3. The van der Waals surface area contributed by atoms with Crippen LogP contribution in [-0.4, -0.2) is 34.8 Å². The molecule has 1 aromatic heterocycles. The highest BCUT2D eigenvalue weighted by Gasteiger charge is 2.18. The number of fused-ring (bicyclic) bond motifs is 1. The number of nitrogens with zero attached hydrogens (tertiary/aromatic N) is 5. The standard InChI is InChI=1S/C29H30N6O3/c1-21(35(2)34-33-30)28(23-12-7-4-8-13-23)32-37-20-25-18-17-24-14-9-15-26(29(24)31-25)38-27(36)19-16-22-10-5-3-6-11-22/h3-15,17-18,21H,16,19-20H2,1-2H3,(H2,30,34)/b32-28+. The molecule has 0 spiro atoms. The summed E-state index contributed by atoms with van der Waals surface area (Å²) in [6.07, 6.45) is 0.884. The van der Waals surface area contributed by atoms with Crippen LogP contribution in [0.4, 0.5) is 0 Å². The molecule has 1 unspecified atom stereocenters.